The van der Waals surface area contributed by atoms with E-state index < -0.39 is 11.8 Å². The van der Waals surface area contributed by atoms with Crippen LogP contribution in [0, 0.1) is 0 Å². The summed E-state index contributed by atoms with van der Waals surface area (Å²) in [7, 11) is 3.03. The lowest BCUT2D eigenvalue weighted by Gasteiger charge is -2.14. The Balaban J connectivity index is 1.26. The van der Waals surface area contributed by atoms with Crippen molar-refractivity contribution in [2.24, 2.45) is 0 Å². The summed E-state index contributed by atoms with van der Waals surface area (Å²) >= 11 is 1.38. The molecule has 9 heteroatoms. The summed E-state index contributed by atoms with van der Waals surface area (Å²) in [6.45, 7) is 0. The molecule has 0 saturated carbocycles. The largest absolute Gasteiger partial charge is 0.493 e. The molecule has 0 atom stereocenters. The summed E-state index contributed by atoms with van der Waals surface area (Å²) in [5.41, 5.74) is 2.22. The van der Waals surface area contributed by atoms with Gasteiger partial charge in [-0.15, -0.1) is 11.8 Å². The number of ether oxygens (including phenoxy) is 2. The van der Waals surface area contributed by atoms with E-state index in [0.29, 0.717) is 28.3 Å². The maximum atomic E-state index is 13.5. The summed E-state index contributed by atoms with van der Waals surface area (Å²) in [6.07, 6.45) is 1.54. The van der Waals surface area contributed by atoms with Gasteiger partial charge in [0.25, 0.3) is 11.8 Å². The van der Waals surface area contributed by atoms with Gasteiger partial charge in [-0.2, -0.15) is 0 Å². The quantitative estimate of drug-likeness (QED) is 0.109. The van der Waals surface area contributed by atoms with E-state index in [1.165, 1.54) is 32.1 Å². The molecule has 0 aliphatic heterocycles. The molecular weight excluding hydrogens is 586 g/mol. The zero-order valence-electron chi connectivity index (χ0n) is 24.7. The average molecular weight is 618 g/mol. The Labute approximate surface area is 265 Å². The molecule has 5 aromatic carbocycles. The maximum Gasteiger partial charge on any atom is 0.272 e. The standard InChI is InChI=1S/C36H31N3O5S/c1-43-32-14-8-13-27(34(32)44-2)22-31(39-35(41)25-10-4-3-5-11-25)36(42)38-28-17-19-30(20-18-28)45-23-33(40)37-29-16-15-24-9-6-7-12-26(24)21-29/h3-22H,23H2,1-2H3,(H,37,40)(H,38,42)(H,39,41)/b31-22-. The molecule has 0 fully saturated rings. The van der Waals surface area contributed by atoms with Crippen molar-refractivity contribution in [3.8, 4) is 11.5 Å². The SMILES string of the molecule is COc1cccc(/C=C(\NC(=O)c2ccccc2)C(=O)Nc2ccc(SCC(=O)Nc3ccc4ccccc4c3)cc2)c1OC. The molecule has 0 aliphatic carbocycles. The summed E-state index contributed by atoms with van der Waals surface area (Å²) in [5, 5.41) is 10.7. The fraction of sp³-hybridized carbons (Fsp3) is 0.0833. The van der Waals surface area contributed by atoms with E-state index in [9.17, 15) is 14.4 Å². The third-order valence-corrected chi connectivity index (χ3v) is 7.79. The van der Waals surface area contributed by atoms with Crippen LogP contribution >= 0.6 is 11.8 Å². The average Bonchev–Trinajstić information content (AvgIpc) is 3.07. The first-order valence-electron chi connectivity index (χ1n) is 14.1. The fourth-order valence-electron chi connectivity index (χ4n) is 4.57. The molecule has 0 bridgehead atoms. The number of carbonyl (C=O) groups excluding carboxylic acids is 3. The number of methoxy groups -OCH3 is 2. The predicted molar refractivity (Wildman–Crippen MR) is 180 cm³/mol. The van der Waals surface area contributed by atoms with Crippen LogP contribution in [0.3, 0.4) is 0 Å². The minimum Gasteiger partial charge on any atom is -0.493 e. The smallest absolute Gasteiger partial charge is 0.272 e. The summed E-state index contributed by atoms with van der Waals surface area (Å²) < 4.78 is 10.9. The van der Waals surface area contributed by atoms with E-state index >= 15 is 0 Å². The van der Waals surface area contributed by atoms with Gasteiger partial charge in [0.2, 0.25) is 5.91 Å². The van der Waals surface area contributed by atoms with Crippen molar-refractivity contribution < 1.29 is 23.9 Å². The summed E-state index contributed by atoms with van der Waals surface area (Å²) in [4.78, 5) is 39.9. The van der Waals surface area contributed by atoms with Gasteiger partial charge in [-0.1, -0.05) is 60.7 Å². The molecule has 0 unspecified atom stereocenters. The number of hydrogen-bond acceptors (Lipinski definition) is 6. The highest BCUT2D eigenvalue weighted by atomic mass is 32.2. The number of hydrogen-bond donors (Lipinski definition) is 3. The number of fused-ring (bicyclic) bond motifs is 1. The highest BCUT2D eigenvalue weighted by Crippen LogP contribution is 2.32. The summed E-state index contributed by atoms with van der Waals surface area (Å²) in [5.74, 6) is 0.0421. The molecule has 3 N–H and O–H groups in total. The molecule has 0 spiro atoms. The highest BCUT2D eigenvalue weighted by Gasteiger charge is 2.17. The van der Waals surface area contributed by atoms with Crippen LogP contribution in [-0.2, 0) is 9.59 Å². The van der Waals surface area contributed by atoms with E-state index in [1.54, 1.807) is 60.7 Å². The Morgan fingerprint density at radius 3 is 2.16 bits per heavy atom. The van der Waals surface area contributed by atoms with Gasteiger partial charge in [0.05, 0.1) is 20.0 Å². The molecular formula is C36H31N3O5S. The van der Waals surface area contributed by atoms with E-state index in [4.69, 9.17) is 9.47 Å². The Morgan fingerprint density at radius 1 is 0.711 bits per heavy atom. The lowest BCUT2D eigenvalue weighted by atomic mass is 10.1. The van der Waals surface area contributed by atoms with Gasteiger partial charge < -0.3 is 25.4 Å². The molecule has 5 rings (SSSR count). The van der Waals surface area contributed by atoms with E-state index in [-0.39, 0.29) is 17.4 Å². The van der Waals surface area contributed by atoms with Gasteiger partial charge in [-0.3, -0.25) is 14.4 Å². The number of rotatable bonds is 11. The van der Waals surface area contributed by atoms with Crippen molar-refractivity contribution in [2.75, 3.05) is 30.6 Å². The highest BCUT2D eigenvalue weighted by molar-refractivity contribution is 8.00. The fourth-order valence-corrected chi connectivity index (χ4v) is 5.27. The minimum atomic E-state index is -0.528. The van der Waals surface area contributed by atoms with Crippen LogP contribution < -0.4 is 25.4 Å². The third kappa shape index (κ3) is 8.10. The van der Waals surface area contributed by atoms with Crippen LogP contribution in [0.1, 0.15) is 15.9 Å². The molecule has 0 radical (unpaired) electrons. The van der Waals surface area contributed by atoms with Crippen molar-refractivity contribution in [3.63, 3.8) is 0 Å². The van der Waals surface area contributed by atoms with Gasteiger partial charge in [0.1, 0.15) is 5.70 Å². The number of benzene rings is 5. The lowest BCUT2D eigenvalue weighted by Crippen LogP contribution is -2.30. The first-order valence-corrected chi connectivity index (χ1v) is 15.0. The number of anilines is 2. The van der Waals surface area contributed by atoms with Gasteiger partial charge in [-0.05, 0) is 71.4 Å². The van der Waals surface area contributed by atoms with Crippen LogP contribution in [-0.4, -0.2) is 37.7 Å². The Morgan fingerprint density at radius 2 is 1.42 bits per heavy atom. The predicted octanol–water partition coefficient (Wildman–Crippen LogP) is 7.00. The second-order valence-corrected chi connectivity index (χ2v) is 10.9. The lowest BCUT2D eigenvalue weighted by molar-refractivity contribution is -0.114. The molecule has 3 amide bonds. The minimum absolute atomic E-state index is 0.0132. The molecule has 226 valence electrons. The third-order valence-electron chi connectivity index (χ3n) is 6.78. The van der Waals surface area contributed by atoms with E-state index in [1.807, 2.05) is 54.6 Å². The molecule has 0 saturated heterocycles. The van der Waals surface area contributed by atoms with Crippen molar-refractivity contribution >= 4 is 57.7 Å². The molecule has 0 aromatic heterocycles. The topological polar surface area (TPSA) is 106 Å². The zero-order chi connectivity index (χ0) is 31.6. The van der Waals surface area contributed by atoms with Crippen molar-refractivity contribution in [1.82, 2.24) is 5.32 Å². The van der Waals surface area contributed by atoms with Crippen LogP contribution in [0.4, 0.5) is 11.4 Å². The first kappa shape index (κ1) is 30.9. The van der Waals surface area contributed by atoms with Crippen molar-refractivity contribution in [1.29, 1.82) is 0 Å². The van der Waals surface area contributed by atoms with Crippen LogP contribution in [0.25, 0.3) is 16.8 Å². The van der Waals surface area contributed by atoms with Crippen molar-refractivity contribution in [2.45, 2.75) is 4.90 Å². The Hall–Kier alpha value is -5.54. The van der Waals surface area contributed by atoms with E-state index in [2.05, 4.69) is 16.0 Å². The second kappa shape index (κ2) is 14.8. The monoisotopic (exact) mass is 617 g/mol. The molecule has 0 aliphatic rings. The molecule has 8 nitrogen and oxygen atoms in total. The van der Waals surface area contributed by atoms with Gasteiger partial charge >= 0.3 is 0 Å². The van der Waals surface area contributed by atoms with Crippen LogP contribution in [0.5, 0.6) is 11.5 Å². The number of nitrogens with one attached hydrogen (secondary N) is 3. The van der Waals surface area contributed by atoms with Gasteiger partial charge in [-0.25, -0.2) is 0 Å². The maximum absolute atomic E-state index is 13.5. The van der Waals surface area contributed by atoms with Crippen LogP contribution in [0.15, 0.2) is 126 Å². The zero-order valence-corrected chi connectivity index (χ0v) is 25.5. The Kier molecular flexibility index (Phi) is 10.1. The van der Waals surface area contributed by atoms with E-state index in [0.717, 1.165) is 21.4 Å². The number of thioether (sulfide) groups is 1. The number of para-hydroxylation sites is 1. The molecule has 5 aromatic rings. The van der Waals surface area contributed by atoms with Crippen molar-refractivity contribution in [3.05, 3.63) is 132 Å². The normalized spacial score (nSPS) is 11.0. The number of carbonyl (C=O) groups is 3. The van der Waals surface area contributed by atoms with Gasteiger partial charge in [0, 0.05) is 27.4 Å². The summed E-state index contributed by atoms with van der Waals surface area (Å²) in [6, 6.07) is 34.8. The number of amides is 3. The van der Waals surface area contributed by atoms with Gasteiger partial charge in [0.15, 0.2) is 11.5 Å². The molecule has 45 heavy (non-hydrogen) atoms. The second-order valence-electron chi connectivity index (χ2n) is 9.84. The Bertz CT molecular complexity index is 1860. The first-order chi connectivity index (χ1) is 21.9. The molecule has 0 heterocycles. The van der Waals surface area contributed by atoms with Crippen LogP contribution in [0.2, 0.25) is 0 Å².